The Bertz CT molecular complexity index is 745. The van der Waals surface area contributed by atoms with Gasteiger partial charge in [-0.2, -0.15) is 13.2 Å². The molecule has 0 saturated heterocycles. The average molecular weight is 394 g/mol. The molecule has 124 valence electrons. The number of hydrogen-bond donors (Lipinski definition) is 3. The summed E-state index contributed by atoms with van der Waals surface area (Å²) >= 11 is 3.26. The van der Waals surface area contributed by atoms with E-state index in [0.29, 0.717) is 20.9 Å². The molecule has 0 aliphatic heterocycles. The highest BCUT2D eigenvalue weighted by Gasteiger charge is 2.40. The van der Waals surface area contributed by atoms with Crippen LogP contribution in [0.1, 0.15) is 11.6 Å². The summed E-state index contributed by atoms with van der Waals surface area (Å²) in [6, 6.07) is 3.91. The highest BCUT2D eigenvalue weighted by Crippen LogP contribution is 2.28. The van der Waals surface area contributed by atoms with Crippen molar-refractivity contribution in [3.63, 3.8) is 0 Å². The number of halogens is 4. The lowest BCUT2D eigenvalue weighted by Gasteiger charge is -2.19. The van der Waals surface area contributed by atoms with Crippen molar-refractivity contribution in [2.45, 2.75) is 12.2 Å². The van der Waals surface area contributed by atoms with Crippen molar-refractivity contribution < 1.29 is 27.5 Å². The Morgan fingerprint density at radius 1 is 1.39 bits per heavy atom. The van der Waals surface area contributed by atoms with E-state index in [0.717, 1.165) is 0 Å². The van der Waals surface area contributed by atoms with E-state index in [-0.39, 0.29) is 0 Å². The topological polar surface area (TPSA) is 97.2 Å². The van der Waals surface area contributed by atoms with E-state index in [1.807, 2.05) is 0 Å². The van der Waals surface area contributed by atoms with Crippen molar-refractivity contribution in [1.29, 1.82) is 0 Å². The van der Waals surface area contributed by atoms with E-state index in [1.54, 1.807) is 23.5 Å². The summed E-state index contributed by atoms with van der Waals surface area (Å²) in [5.41, 5.74) is 5.82. The summed E-state index contributed by atoms with van der Waals surface area (Å²) in [4.78, 5) is 24.8. The Balaban J connectivity index is 2.36. The molecule has 1 unspecified atom stereocenters. The number of benzene rings is 1. The van der Waals surface area contributed by atoms with Gasteiger partial charge < -0.3 is 20.8 Å². The molecule has 0 aliphatic carbocycles. The molecule has 10 heteroatoms. The van der Waals surface area contributed by atoms with Crippen LogP contribution in [0.4, 0.5) is 18.0 Å². The Kier molecular flexibility index (Phi) is 4.83. The minimum Gasteiger partial charge on any atom is -0.447 e. The van der Waals surface area contributed by atoms with Crippen LogP contribution in [0.3, 0.4) is 0 Å². The minimum absolute atomic E-state index is 0.333. The number of H-pyrrole nitrogens is 1. The molecule has 4 N–H and O–H groups in total. The molecule has 1 heterocycles. The quantitative estimate of drug-likeness (QED) is 0.744. The second-order valence-corrected chi connectivity index (χ2v) is 5.50. The van der Waals surface area contributed by atoms with E-state index in [9.17, 15) is 22.8 Å². The maximum atomic E-state index is 12.5. The van der Waals surface area contributed by atoms with Gasteiger partial charge >= 0.3 is 18.2 Å². The number of aromatic amines is 1. The number of rotatable bonds is 4. The van der Waals surface area contributed by atoms with Crippen LogP contribution in [0.25, 0.3) is 10.9 Å². The van der Waals surface area contributed by atoms with Gasteiger partial charge in [0.1, 0.15) is 6.61 Å². The van der Waals surface area contributed by atoms with Gasteiger partial charge in [-0.3, -0.25) is 4.79 Å². The first kappa shape index (κ1) is 17.1. The number of ether oxygens (including phenoxy) is 1. The molecule has 0 spiro atoms. The number of nitrogens with two attached hydrogens (primary N) is 1. The number of fused-ring (bicyclic) bond motifs is 1. The van der Waals surface area contributed by atoms with Crippen molar-refractivity contribution in [2.75, 3.05) is 6.61 Å². The summed E-state index contributed by atoms with van der Waals surface area (Å²) in [5, 5.41) is 2.36. The second-order valence-electron chi connectivity index (χ2n) is 4.59. The van der Waals surface area contributed by atoms with Crippen molar-refractivity contribution in [3.8, 4) is 0 Å². The predicted octanol–water partition coefficient (Wildman–Crippen LogP) is 2.75. The van der Waals surface area contributed by atoms with Crippen LogP contribution < -0.4 is 11.1 Å². The van der Waals surface area contributed by atoms with Crippen LogP contribution >= 0.6 is 15.9 Å². The summed E-state index contributed by atoms with van der Waals surface area (Å²) in [6.07, 6.45) is -4.78. The van der Waals surface area contributed by atoms with Gasteiger partial charge in [-0.25, -0.2) is 4.79 Å². The molecule has 23 heavy (non-hydrogen) atoms. The first-order chi connectivity index (χ1) is 10.7. The van der Waals surface area contributed by atoms with Gasteiger partial charge in [0.15, 0.2) is 0 Å². The number of carbonyl (C=O) groups is 2. The fourth-order valence-corrected chi connectivity index (χ4v) is 2.38. The van der Waals surface area contributed by atoms with Gasteiger partial charge in [0.25, 0.3) is 0 Å². The number of carbonyl (C=O) groups excluding carboxylic acids is 2. The van der Waals surface area contributed by atoms with Gasteiger partial charge in [0.2, 0.25) is 0 Å². The van der Waals surface area contributed by atoms with Crippen LogP contribution in [-0.4, -0.2) is 29.8 Å². The fourth-order valence-electron chi connectivity index (χ4n) is 2.02. The number of primary amides is 1. The lowest BCUT2D eigenvalue weighted by Crippen LogP contribution is -2.41. The smallest absolute Gasteiger partial charge is 0.447 e. The maximum Gasteiger partial charge on any atom is 0.471 e. The van der Waals surface area contributed by atoms with E-state index in [4.69, 9.17) is 5.73 Å². The van der Waals surface area contributed by atoms with Crippen molar-refractivity contribution in [1.82, 2.24) is 10.3 Å². The van der Waals surface area contributed by atoms with Gasteiger partial charge in [0.05, 0.1) is 6.04 Å². The Hall–Kier alpha value is -2.23. The van der Waals surface area contributed by atoms with Gasteiger partial charge in [-0.05, 0) is 18.2 Å². The molecular weight excluding hydrogens is 383 g/mol. The highest BCUT2D eigenvalue weighted by molar-refractivity contribution is 9.10. The molecule has 0 radical (unpaired) electrons. The lowest BCUT2D eigenvalue weighted by atomic mass is 10.1. The van der Waals surface area contributed by atoms with Crippen LogP contribution in [0.2, 0.25) is 0 Å². The molecule has 1 aromatic heterocycles. The third-order valence-corrected chi connectivity index (χ3v) is 3.50. The van der Waals surface area contributed by atoms with Gasteiger partial charge in [-0.1, -0.05) is 15.9 Å². The van der Waals surface area contributed by atoms with E-state index in [2.05, 4.69) is 25.7 Å². The first-order valence-corrected chi connectivity index (χ1v) is 7.04. The highest BCUT2D eigenvalue weighted by atomic mass is 79.9. The largest absolute Gasteiger partial charge is 0.471 e. The molecule has 0 fully saturated rings. The second kappa shape index (κ2) is 6.49. The fraction of sp³-hybridized carbons (Fsp3) is 0.231. The zero-order chi connectivity index (χ0) is 17.2. The summed E-state index contributed by atoms with van der Waals surface area (Å²) in [5.74, 6) is -2.14. The molecule has 2 aromatic rings. The molecule has 0 aliphatic rings. The molecule has 0 saturated carbocycles. The lowest BCUT2D eigenvalue weighted by molar-refractivity contribution is -0.174. The van der Waals surface area contributed by atoms with Crippen LogP contribution in [0, 0.1) is 0 Å². The third-order valence-electron chi connectivity index (χ3n) is 3.01. The van der Waals surface area contributed by atoms with Gasteiger partial charge in [-0.15, -0.1) is 0 Å². The Labute approximate surface area is 136 Å². The number of alkyl halides is 3. The predicted molar refractivity (Wildman–Crippen MR) is 78.5 cm³/mol. The maximum absolute atomic E-state index is 12.5. The minimum atomic E-state index is -5.06. The van der Waals surface area contributed by atoms with Crippen LogP contribution in [0.5, 0.6) is 0 Å². The van der Waals surface area contributed by atoms with E-state index >= 15 is 0 Å². The van der Waals surface area contributed by atoms with Crippen LogP contribution in [-0.2, 0) is 9.53 Å². The molecule has 2 amide bonds. The number of hydrogen-bond acceptors (Lipinski definition) is 3. The summed E-state index contributed by atoms with van der Waals surface area (Å²) < 4.78 is 42.7. The molecule has 2 rings (SSSR count). The van der Waals surface area contributed by atoms with Gasteiger partial charge in [0, 0.05) is 27.1 Å². The normalized spacial score (nSPS) is 12.9. The number of aromatic nitrogens is 1. The van der Waals surface area contributed by atoms with E-state index < -0.39 is 30.8 Å². The van der Waals surface area contributed by atoms with Crippen LogP contribution in [0.15, 0.2) is 28.9 Å². The third kappa shape index (κ3) is 4.15. The zero-order valence-electron chi connectivity index (χ0n) is 11.4. The molecule has 0 bridgehead atoms. The first-order valence-electron chi connectivity index (χ1n) is 6.25. The molecular formula is C13H11BrF3N3O3. The standard InChI is InChI=1S/C13H11BrF3N3O3/c14-6-1-2-9-7(3-6)8(4-19-9)10(5-23-12(18)22)20-11(21)13(15,16)17/h1-4,10,19H,5H2,(H2,18,22)(H,20,21). The SMILES string of the molecule is NC(=O)OCC(NC(=O)C(F)(F)F)c1c[nH]c2ccc(Br)cc12. The zero-order valence-corrected chi connectivity index (χ0v) is 13.0. The van der Waals surface area contributed by atoms with Crippen molar-refractivity contribution >= 4 is 38.8 Å². The monoisotopic (exact) mass is 393 g/mol. The van der Waals surface area contributed by atoms with Crippen molar-refractivity contribution in [2.24, 2.45) is 5.73 Å². The summed E-state index contributed by atoms with van der Waals surface area (Å²) in [6.45, 7) is -0.531. The Morgan fingerprint density at radius 2 is 2.09 bits per heavy atom. The molecule has 1 aromatic carbocycles. The Morgan fingerprint density at radius 3 is 2.70 bits per heavy atom. The van der Waals surface area contributed by atoms with Crippen molar-refractivity contribution in [3.05, 3.63) is 34.4 Å². The number of nitrogens with one attached hydrogen (secondary N) is 2. The molecule has 1 atom stereocenters. The van der Waals surface area contributed by atoms with E-state index in [1.165, 1.54) is 6.20 Å². The number of amides is 2. The molecule has 6 nitrogen and oxygen atoms in total. The summed E-state index contributed by atoms with van der Waals surface area (Å²) in [7, 11) is 0. The average Bonchev–Trinajstić information content (AvgIpc) is 2.84.